The van der Waals surface area contributed by atoms with Gasteiger partial charge in [0, 0.05) is 12.1 Å². The Morgan fingerprint density at radius 1 is 1.35 bits per heavy atom. The van der Waals surface area contributed by atoms with Crippen LogP contribution in [0.4, 0.5) is 0 Å². The second-order valence-electron chi connectivity index (χ2n) is 4.72. The lowest BCUT2D eigenvalue weighted by atomic mass is 9.99. The van der Waals surface area contributed by atoms with Crippen molar-refractivity contribution in [3.05, 3.63) is 28.0 Å². The van der Waals surface area contributed by atoms with Gasteiger partial charge < -0.3 is 0 Å². The minimum Gasteiger partial charge on any atom is -0.297 e. The highest BCUT2D eigenvalue weighted by Crippen LogP contribution is 2.39. The molecular weight excluding hydrogens is 257 g/mol. The van der Waals surface area contributed by atoms with Gasteiger partial charge in [-0.1, -0.05) is 29.3 Å². The summed E-state index contributed by atoms with van der Waals surface area (Å²) in [5, 5.41) is 9.02. The molecule has 0 spiro atoms. The van der Waals surface area contributed by atoms with Crippen molar-refractivity contribution >= 4 is 28.8 Å². The second kappa shape index (κ2) is 4.23. The van der Waals surface area contributed by atoms with E-state index in [1.807, 2.05) is 0 Å². The van der Waals surface area contributed by atoms with Crippen molar-refractivity contribution in [1.82, 2.24) is 15.1 Å². The van der Waals surface area contributed by atoms with Gasteiger partial charge in [-0.3, -0.25) is 4.90 Å². The highest BCUT2D eigenvalue weighted by molar-refractivity contribution is 6.42. The molecule has 0 aliphatic carbocycles. The second-order valence-corrected chi connectivity index (χ2v) is 5.50. The molecule has 2 unspecified atom stereocenters. The van der Waals surface area contributed by atoms with Crippen LogP contribution in [0.25, 0.3) is 5.57 Å². The summed E-state index contributed by atoms with van der Waals surface area (Å²) in [6.45, 7) is 0. The first kappa shape index (κ1) is 11.5. The zero-order chi connectivity index (χ0) is 12.0. The monoisotopic (exact) mass is 269 g/mol. The first-order valence-corrected chi connectivity index (χ1v) is 6.52. The number of likely N-dealkylation sites (N-methyl/N-ethyl adjacent to an activating group) is 1. The van der Waals surface area contributed by atoms with Crippen molar-refractivity contribution in [3.8, 4) is 0 Å². The summed E-state index contributed by atoms with van der Waals surface area (Å²) < 4.78 is 0. The molecule has 1 aromatic heterocycles. The predicted octanol–water partition coefficient (Wildman–Crippen LogP) is 3.03. The maximum Gasteiger partial charge on any atom is 0.109 e. The van der Waals surface area contributed by atoms with Gasteiger partial charge in [-0.2, -0.15) is 5.10 Å². The molecule has 2 bridgehead atoms. The molecule has 2 aliphatic heterocycles. The van der Waals surface area contributed by atoms with Crippen LogP contribution < -0.4 is 0 Å². The van der Waals surface area contributed by atoms with Crippen LogP contribution >= 0.6 is 23.2 Å². The third-order valence-electron chi connectivity index (χ3n) is 3.79. The summed E-state index contributed by atoms with van der Waals surface area (Å²) in [7, 11) is 2.18. The lowest BCUT2D eigenvalue weighted by Crippen LogP contribution is -2.34. The highest BCUT2D eigenvalue weighted by Gasteiger charge is 2.34. The largest absolute Gasteiger partial charge is 0.297 e. The lowest BCUT2D eigenvalue weighted by Gasteiger charge is -2.30. The van der Waals surface area contributed by atoms with Gasteiger partial charge in [-0.25, -0.2) is 0 Å². The Morgan fingerprint density at radius 3 is 2.94 bits per heavy atom. The van der Waals surface area contributed by atoms with E-state index in [1.165, 1.54) is 24.6 Å². The fraction of sp³-hybridized carbons (Fsp3) is 0.500. The summed E-state index contributed by atoms with van der Waals surface area (Å²) in [5.74, 6) is 0. The third-order valence-corrected chi connectivity index (χ3v) is 4.56. The molecule has 0 aromatic carbocycles. The Kier molecular flexibility index (Phi) is 2.85. The molecule has 3 nitrogen and oxygen atoms in total. The van der Waals surface area contributed by atoms with Crippen LogP contribution in [0.5, 0.6) is 0 Å². The molecule has 3 rings (SSSR count). The maximum atomic E-state index is 6.19. The lowest BCUT2D eigenvalue weighted by molar-refractivity contribution is 0.264. The van der Waals surface area contributed by atoms with E-state index in [2.05, 4.69) is 28.2 Å². The van der Waals surface area contributed by atoms with E-state index in [0.29, 0.717) is 22.1 Å². The Balaban J connectivity index is 2.01. The van der Waals surface area contributed by atoms with Crippen LogP contribution in [-0.4, -0.2) is 34.2 Å². The minimum absolute atomic E-state index is 0.476. The number of aromatic nitrogens is 2. The number of hydrogen-bond acceptors (Lipinski definition) is 3. The van der Waals surface area contributed by atoms with Crippen molar-refractivity contribution in [2.75, 3.05) is 7.05 Å². The van der Waals surface area contributed by atoms with Gasteiger partial charge >= 0.3 is 0 Å². The molecule has 3 heterocycles. The molecule has 0 saturated carbocycles. The van der Waals surface area contributed by atoms with E-state index in [4.69, 9.17) is 23.2 Å². The van der Waals surface area contributed by atoms with Crippen LogP contribution in [0.3, 0.4) is 0 Å². The van der Waals surface area contributed by atoms with E-state index < -0.39 is 0 Å². The first-order valence-electron chi connectivity index (χ1n) is 5.76. The molecule has 0 amide bonds. The molecule has 1 saturated heterocycles. The maximum absolute atomic E-state index is 6.19. The average molecular weight is 270 g/mol. The van der Waals surface area contributed by atoms with E-state index in [-0.39, 0.29) is 0 Å². The molecule has 1 aromatic rings. The summed E-state index contributed by atoms with van der Waals surface area (Å²) in [6.07, 6.45) is 7.19. The molecule has 90 valence electrons. The number of halogens is 2. The van der Waals surface area contributed by atoms with Gasteiger partial charge in [0.05, 0.1) is 16.2 Å². The van der Waals surface area contributed by atoms with Crippen molar-refractivity contribution < 1.29 is 0 Å². The molecule has 0 radical (unpaired) electrons. The Bertz CT molecular complexity index is 487. The van der Waals surface area contributed by atoms with Gasteiger partial charge in [0.1, 0.15) is 5.69 Å². The number of rotatable bonds is 1. The SMILES string of the molecule is CN1C2C=C(c3nncc(Cl)c3Cl)CC1CC2. The van der Waals surface area contributed by atoms with Gasteiger partial charge in [0.2, 0.25) is 0 Å². The molecule has 0 N–H and O–H groups in total. The number of fused-ring (bicyclic) bond motifs is 2. The Labute approximate surface area is 110 Å². The quantitative estimate of drug-likeness (QED) is 0.785. The average Bonchev–Trinajstić information content (AvgIpc) is 2.54. The van der Waals surface area contributed by atoms with Crippen molar-refractivity contribution in [1.29, 1.82) is 0 Å². The third kappa shape index (κ3) is 1.86. The van der Waals surface area contributed by atoms with E-state index >= 15 is 0 Å². The van der Waals surface area contributed by atoms with Gasteiger partial charge in [-0.05, 0) is 31.9 Å². The topological polar surface area (TPSA) is 29.0 Å². The van der Waals surface area contributed by atoms with Crippen LogP contribution in [0.1, 0.15) is 25.0 Å². The standard InChI is InChI=1S/C12H13Cl2N3/c1-17-8-2-3-9(17)5-7(4-8)12-11(14)10(13)6-15-16-12/h4,6,8-9H,2-3,5H2,1H3. The van der Waals surface area contributed by atoms with E-state index in [9.17, 15) is 0 Å². The fourth-order valence-corrected chi connectivity index (χ4v) is 3.12. The summed E-state index contributed by atoms with van der Waals surface area (Å²) in [5.41, 5.74) is 1.94. The molecule has 17 heavy (non-hydrogen) atoms. The first-order chi connectivity index (χ1) is 8.16. The summed E-state index contributed by atoms with van der Waals surface area (Å²) >= 11 is 12.2. The van der Waals surface area contributed by atoms with Crippen LogP contribution in [0.15, 0.2) is 12.3 Å². The zero-order valence-electron chi connectivity index (χ0n) is 9.53. The van der Waals surface area contributed by atoms with Gasteiger partial charge in [0.15, 0.2) is 0 Å². The van der Waals surface area contributed by atoms with Crippen LogP contribution in [0.2, 0.25) is 10.0 Å². The molecule has 5 heteroatoms. The van der Waals surface area contributed by atoms with Gasteiger partial charge in [0.25, 0.3) is 0 Å². The smallest absolute Gasteiger partial charge is 0.109 e. The Morgan fingerprint density at radius 2 is 2.18 bits per heavy atom. The normalized spacial score (nSPS) is 28.3. The van der Waals surface area contributed by atoms with Crippen molar-refractivity contribution in [2.24, 2.45) is 0 Å². The van der Waals surface area contributed by atoms with Gasteiger partial charge in [-0.15, -0.1) is 5.10 Å². The predicted molar refractivity (Wildman–Crippen MR) is 69.2 cm³/mol. The molecule has 2 atom stereocenters. The number of hydrogen-bond donors (Lipinski definition) is 0. The van der Waals surface area contributed by atoms with E-state index in [1.54, 1.807) is 0 Å². The zero-order valence-corrected chi connectivity index (χ0v) is 11.0. The van der Waals surface area contributed by atoms with Crippen molar-refractivity contribution in [2.45, 2.75) is 31.3 Å². The minimum atomic E-state index is 0.476. The van der Waals surface area contributed by atoms with Crippen LogP contribution in [0, 0.1) is 0 Å². The molecule has 2 aliphatic rings. The highest BCUT2D eigenvalue weighted by atomic mass is 35.5. The Hall–Kier alpha value is -0.640. The number of nitrogens with zero attached hydrogens (tertiary/aromatic N) is 3. The fourth-order valence-electron chi connectivity index (χ4n) is 2.77. The molecular formula is C12H13Cl2N3. The van der Waals surface area contributed by atoms with Crippen molar-refractivity contribution in [3.63, 3.8) is 0 Å². The summed E-state index contributed by atoms with van der Waals surface area (Å²) in [4.78, 5) is 2.43. The molecule has 1 fully saturated rings. The van der Waals surface area contributed by atoms with Crippen LogP contribution in [-0.2, 0) is 0 Å². The summed E-state index contributed by atoms with van der Waals surface area (Å²) in [6, 6.07) is 1.12. The van der Waals surface area contributed by atoms with E-state index in [0.717, 1.165) is 12.1 Å².